The number of aromatic nitrogens is 1. The van der Waals surface area contributed by atoms with Crippen molar-refractivity contribution in [1.29, 1.82) is 0 Å². The number of pyridine rings is 1. The fraction of sp³-hybridized carbons (Fsp3) is 0.562. The Balaban J connectivity index is 2.58. The maximum atomic E-state index is 11.8. The van der Waals surface area contributed by atoms with Crippen LogP contribution in [0.4, 0.5) is 5.69 Å². The number of anilines is 1. The highest BCUT2D eigenvalue weighted by molar-refractivity contribution is 6.03. The molecule has 1 aromatic heterocycles. The molecular weight excluding hydrogens is 266 g/mol. The van der Waals surface area contributed by atoms with Crippen LogP contribution in [0.2, 0.25) is 0 Å². The Morgan fingerprint density at radius 2 is 1.67 bits per heavy atom. The van der Waals surface area contributed by atoms with Crippen molar-refractivity contribution in [2.24, 2.45) is 0 Å². The minimum atomic E-state index is -0.345. The predicted molar refractivity (Wildman–Crippen MR) is 84.1 cm³/mol. The van der Waals surface area contributed by atoms with Gasteiger partial charge in [0.15, 0.2) is 0 Å². The molecule has 5 heteroatoms. The van der Waals surface area contributed by atoms with Gasteiger partial charge in [0.2, 0.25) is 11.8 Å². The van der Waals surface area contributed by atoms with Gasteiger partial charge >= 0.3 is 0 Å². The van der Waals surface area contributed by atoms with E-state index < -0.39 is 0 Å². The van der Waals surface area contributed by atoms with E-state index in [1.54, 1.807) is 12.3 Å². The van der Waals surface area contributed by atoms with Gasteiger partial charge in [-0.15, -0.1) is 0 Å². The molecule has 0 aromatic carbocycles. The molecule has 0 atom stereocenters. The Morgan fingerprint density at radius 3 is 2.10 bits per heavy atom. The van der Waals surface area contributed by atoms with Gasteiger partial charge in [0.1, 0.15) is 6.42 Å². The van der Waals surface area contributed by atoms with Crippen molar-refractivity contribution in [3.8, 4) is 0 Å². The normalized spacial score (nSPS) is 11.9. The highest BCUT2D eigenvalue weighted by Crippen LogP contribution is 2.20. The first-order valence-corrected chi connectivity index (χ1v) is 7.05. The summed E-state index contributed by atoms with van der Waals surface area (Å²) in [6.07, 6.45) is 1.42. The second-order valence-corrected chi connectivity index (χ2v) is 7.21. The molecule has 0 fully saturated rings. The molecule has 0 spiro atoms. The van der Waals surface area contributed by atoms with E-state index in [9.17, 15) is 9.59 Å². The van der Waals surface area contributed by atoms with Crippen molar-refractivity contribution in [1.82, 2.24) is 10.3 Å². The average Bonchev–Trinajstić information content (AvgIpc) is 2.25. The third-order valence-corrected chi connectivity index (χ3v) is 2.65. The molecule has 0 saturated heterocycles. The van der Waals surface area contributed by atoms with Crippen LogP contribution in [0.1, 0.15) is 53.7 Å². The van der Waals surface area contributed by atoms with Gasteiger partial charge in [0.05, 0.1) is 11.9 Å². The van der Waals surface area contributed by atoms with E-state index in [1.807, 2.05) is 26.8 Å². The zero-order valence-corrected chi connectivity index (χ0v) is 13.7. The summed E-state index contributed by atoms with van der Waals surface area (Å²) in [6, 6.07) is 3.68. The molecule has 1 heterocycles. The van der Waals surface area contributed by atoms with Gasteiger partial charge in [-0.25, -0.2) is 0 Å². The van der Waals surface area contributed by atoms with Crippen molar-refractivity contribution in [2.45, 2.75) is 58.9 Å². The van der Waals surface area contributed by atoms with Gasteiger partial charge in [0, 0.05) is 16.6 Å². The second-order valence-electron chi connectivity index (χ2n) is 7.21. The Kier molecular flexibility index (Phi) is 5.10. The van der Waals surface area contributed by atoms with Crippen molar-refractivity contribution >= 4 is 17.5 Å². The highest BCUT2D eigenvalue weighted by atomic mass is 16.2. The first-order chi connectivity index (χ1) is 9.47. The summed E-state index contributed by atoms with van der Waals surface area (Å²) in [5.41, 5.74) is 1.17. The zero-order valence-electron chi connectivity index (χ0n) is 13.7. The van der Waals surface area contributed by atoms with Gasteiger partial charge in [-0.1, -0.05) is 20.8 Å². The third kappa shape index (κ3) is 6.38. The van der Waals surface area contributed by atoms with Gasteiger partial charge in [0.25, 0.3) is 0 Å². The lowest BCUT2D eigenvalue weighted by Crippen LogP contribution is -2.41. The average molecular weight is 291 g/mol. The van der Waals surface area contributed by atoms with E-state index in [4.69, 9.17) is 0 Å². The Bertz CT molecular complexity index is 508. The van der Waals surface area contributed by atoms with Gasteiger partial charge in [-0.3, -0.25) is 14.6 Å². The Labute approximate surface area is 126 Å². The molecule has 21 heavy (non-hydrogen) atoms. The van der Waals surface area contributed by atoms with Gasteiger partial charge in [-0.2, -0.15) is 0 Å². The summed E-state index contributed by atoms with van der Waals surface area (Å²) < 4.78 is 0. The maximum absolute atomic E-state index is 11.8. The van der Waals surface area contributed by atoms with E-state index >= 15 is 0 Å². The van der Waals surface area contributed by atoms with Crippen LogP contribution in [0.25, 0.3) is 0 Å². The van der Waals surface area contributed by atoms with Crippen LogP contribution >= 0.6 is 0 Å². The smallest absolute Gasteiger partial charge is 0.233 e. The lowest BCUT2D eigenvalue weighted by molar-refractivity contribution is -0.127. The molecule has 1 aromatic rings. The summed E-state index contributed by atoms with van der Waals surface area (Å²) >= 11 is 0. The summed E-state index contributed by atoms with van der Waals surface area (Å²) in [7, 11) is 0. The molecule has 116 valence electrons. The monoisotopic (exact) mass is 291 g/mol. The standard InChI is InChI=1S/C16H25N3O2/c1-15(2,3)12-8-7-11(10-17-12)18-13(20)9-14(21)19-16(4,5)6/h7-8,10H,9H2,1-6H3,(H,18,20)(H,19,21). The number of nitrogens with zero attached hydrogens (tertiary/aromatic N) is 1. The number of carbonyl (C=O) groups excluding carboxylic acids is 2. The first-order valence-electron chi connectivity index (χ1n) is 7.05. The fourth-order valence-corrected chi connectivity index (χ4v) is 1.72. The predicted octanol–water partition coefficient (Wildman–Crippen LogP) is 2.62. The SMILES string of the molecule is CC(C)(C)NC(=O)CC(=O)Nc1ccc(C(C)(C)C)nc1. The van der Waals surface area contributed by atoms with E-state index in [0.29, 0.717) is 5.69 Å². The van der Waals surface area contributed by atoms with E-state index in [1.165, 1.54) is 0 Å². The molecule has 0 radical (unpaired) electrons. The molecule has 1 rings (SSSR count). The maximum Gasteiger partial charge on any atom is 0.233 e. The molecule has 2 N–H and O–H groups in total. The largest absolute Gasteiger partial charge is 0.351 e. The summed E-state index contributed by atoms with van der Waals surface area (Å²) in [4.78, 5) is 27.8. The van der Waals surface area contributed by atoms with Gasteiger partial charge in [-0.05, 0) is 32.9 Å². The van der Waals surface area contributed by atoms with Crippen molar-refractivity contribution in [2.75, 3.05) is 5.32 Å². The van der Waals surface area contributed by atoms with E-state index in [2.05, 4.69) is 36.4 Å². The molecule has 0 unspecified atom stereocenters. The van der Waals surface area contributed by atoms with Crippen LogP contribution in [0.5, 0.6) is 0 Å². The third-order valence-electron chi connectivity index (χ3n) is 2.65. The fourth-order valence-electron chi connectivity index (χ4n) is 1.72. The van der Waals surface area contributed by atoms with Crippen molar-refractivity contribution < 1.29 is 9.59 Å². The lowest BCUT2D eigenvalue weighted by atomic mass is 9.92. The van der Waals surface area contributed by atoms with Gasteiger partial charge < -0.3 is 10.6 Å². The summed E-state index contributed by atoms with van der Waals surface area (Å²) in [6.45, 7) is 11.8. The van der Waals surface area contributed by atoms with Crippen LogP contribution in [0.3, 0.4) is 0 Å². The minimum absolute atomic E-state index is 0.0326. The molecule has 0 saturated carbocycles. The molecule has 0 aliphatic rings. The van der Waals surface area contributed by atoms with Crippen LogP contribution in [0.15, 0.2) is 18.3 Å². The Morgan fingerprint density at radius 1 is 1.05 bits per heavy atom. The summed E-state index contributed by atoms with van der Waals surface area (Å²) in [5.74, 6) is -0.638. The molecular formula is C16H25N3O2. The number of hydrogen-bond acceptors (Lipinski definition) is 3. The molecule has 0 aliphatic heterocycles. The number of nitrogens with one attached hydrogen (secondary N) is 2. The molecule has 0 bridgehead atoms. The highest BCUT2D eigenvalue weighted by Gasteiger charge is 2.17. The first kappa shape index (κ1) is 17.1. The quantitative estimate of drug-likeness (QED) is 0.841. The summed E-state index contributed by atoms with van der Waals surface area (Å²) in [5, 5.41) is 5.42. The van der Waals surface area contributed by atoms with E-state index in [-0.39, 0.29) is 29.2 Å². The van der Waals surface area contributed by atoms with Crippen LogP contribution < -0.4 is 10.6 Å². The number of carbonyl (C=O) groups is 2. The lowest BCUT2D eigenvalue weighted by Gasteiger charge is -2.20. The molecule has 5 nitrogen and oxygen atoms in total. The zero-order chi connectivity index (χ0) is 16.3. The second kappa shape index (κ2) is 6.24. The van der Waals surface area contributed by atoms with Crippen molar-refractivity contribution in [3.63, 3.8) is 0 Å². The number of amides is 2. The molecule has 2 amide bonds. The Hall–Kier alpha value is -1.91. The number of hydrogen-bond donors (Lipinski definition) is 2. The minimum Gasteiger partial charge on any atom is -0.351 e. The van der Waals surface area contributed by atoms with Crippen LogP contribution in [-0.4, -0.2) is 22.3 Å². The molecule has 0 aliphatic carbocycles. The van der Waals surface area contributed by atoms with Crippen LogP contribution in [-0.2, 0) is 15.0 Å². The van der Waals surface area contributed by atoms with Crippen LogP contribution in [0, 0.1) is 0 Å². The number of rotatable bonds is 3. The van der Waals surface area contributed by atoms with E-state index in [0.717, 1.165) is 5.69 Å². The topological polar surface area (TPSA) is 71.1 Å². The van der Waals surface area contributed by atoms with Crippen molar-refractivity contribution in [3.05, 3.63) is 24.0 Å².